The van der Waals surface area contributed by atoms with Gasteiger partial charge in [-0.25, -0.2) is 0 Å². The van der Waals surface area contributed by atoms with Crippen molar-refractivity contribution in [2.45, 2.75) is 5.75 Å². The van der Waals surface area contributed by atoms with Crippen molar-refractivity contribution in [3.8, 4) is 0 Å². The monoisotopic (exact) mass is 431 g/mol. The molecule has 2 aromatic carbocycles. The zero-order valence-corrected chi connectivity index (χ0v) is 15.0. The fourth-order valence-electron chi connectivity index (χ4n) is 1.74. The molecule has 2 aromatic rings. The summed E-state index contributed by atoms with van der Waals surface area (Å²) >= 11 is 10.1. The number of hydrogen-bond donors (Lipinski definition) is 1. The summed E-state index contributed by atoms with van der Waals surface area (Å²) < 4.78 is 1.12. The first kappa shape index (κ1) is 16.6. The van der Waals surface area contributed by atoms with Crippen LogP contribution >= 0.6 is 46.0 Å². The van der Waals surface area contributed by atoms with E-state index in [0.29, 0.717) is 12.1 Å². The molecule has 0 aliphatic rings. The number of halogens is 2. The average Bonchev–Trinajstić information content (AvgIpc) is 2.49. The molecule has 21 heavy (non-hydrogen) atoms. The van der Waals surface area contributed by atoms with Crippen LogP contribution in [-0.4, -0.2) is 18.2 Å². The van der Waals surface area contributed by atoms with Crippen LogP contribution in [0.2, 0.25) is 5.02 Å². The molecule has 1 N–H and O–H groups in total. The lowest BCUT2D eigenvalue weighted by atomic mass is 10.2. The lowest BCUT2D eigenvalue weighted by molar-refractivity contribution is 0.0956. The smallest absolute Gasteiger partial charge is 0.251 e. The van der Waals surface area contributed by atoms with Gasteiger partial charge in [-0.15, -0.1) is 0 Å². The third-order valence-corrected chi connectivity index (χ3v) is 4.95. The SMILES string of the molecule is O=C(NCCSCc1ccccc1Cl)c1ccc(I)cc1. The van der Waals surface area contributed by atoms with E-state index in [1.165, 1.54) is 0 Å². The van der Waals surface area contributed by atoms with Crippen LogP contribution in [0.4, 0.5) is 0 Å². The van der Waals surface area contributed by atoms with Crippen molar-refractivity contribution in [2.24, 2.45) is 0 Å². The molecule has 0 radical (unpaired) electrons. The second-order valence-electron chi connectivity index (χ2n) is 4.41. The van der Waals surface area contributed by atoms with Crippen molar-refractivity contribution in [1.82, 2.24) is 5.32 Å². The summed E-state index contributed by atoms with van der Waals surface area (Å²) in [6.07, 6.45) is 0. The van der Waals surface area contributed by atoms with Gasteiger partial charge in [0.15, 0.2) is 0 Å². The Labute approximate surface area is 147 Å². The van der Waals surface area contributed by atoms with Gasteiger partial charge in [0.1, 0.15) is 0 Å². The number of nitrogens with one attached hydrogen (secondary N) is 1. The fraction of sp³-hybridized carbons (Fsp3) is 0.188. The maximum atomic E-state index is 11.9. The van der Waals surface area contributed by atoms with Crippen molar-refractivity contribution < 1.29 is 4.79 Å². The van der Waals surface area contributed by atoms with E-state index in [2.05, 4.69) is 27.9 Å². The van der Waals surface area contributed by atoms with Gasteiger partial charge < -0.3 is 5.32 Å². The Morgan fingerprint density at radius 3 is 2.57 bits per heavy atom. The molecule has 0 aliphatic heterocycles. The molecule has 0 atom stereocenters. The van der Waals surface area contributed by atoms with Crippen molar-refractivity contribution in [3.05, 3.63) is 68.3 Å². The quantitative estimate of drug-likeness (QED) is 0.535. The predicted octanol–water partition coefficient (Wildman–Crippen LogP) is 4.61. The zero-order valence-electron chi connectivity index (χ0n) is 11.3. The molecule has 0 bridgehead atoms. The highest BCUT2D eigenvalue weighted by molar-refractivity contribution is 14.1. The molecule has 0 saturated carbocycles. The fourth-order valence-corrected chi connectivity index (χ4v) is 3.24. The average molecular weight is 432 g/mol. The molecule has 2 rings (SSSR count). The number of amides is 1. The third-order valence-electron chi connectivity index (χ3n) is 2.85. The minimum absolute atomic E-state index is 0.0234. The molecule has 0 aromatic heterocycles. The molecule has 110 valence electrons. The zero-order chi connectivity index (χ0) is 15.1. The van der Waals surface area contributed by atoms with Gasteiger partial charge in [-0.05, 0) is 58.5 Å². The van der Waals surface area contributed by atoms with Gasteiger partial charge in [-0.3, -0.25) is 4.79 Å². The van der Waals surface area contributed by atoms with Crippen molar-refractivity contribution in [1.29, 1.82) is 0 Å². The Morgan fingerprint density at radius 1 is 1.14 bits per heavy atom. The van der Waals surface area contributed by atoms with Crippen molar-refractivity contribution >= 4 is 51.9 Å². The van der Waals surface area contributed by atoms with E-state index in [0.717, 1.165) is 25.7 Å². The van der Waals surface area contributed by atoms with Gasteiger partial charge in [0.05, 0.1) is 0 Å². The van der Waals surface area contributed by atoms with E-state index in [9.17, 15) is 4.79 Å². The maximum Gasteiger partial charge on any atom is 0.251 e. The first-order valence-electron chi connectivity index (χ1n) is 6.52. The molecule has 0 aliphatic carbocycles. The number of benzene rings is 2. The van der Waals surface area contributed by atoms with E-state index in [-0.39, 0.29) is 5.91 Å². The summed E-state index contributed by atoms with van der Waals surface area (Å²) in [7, 11) is 0. The first-order valence-corrected chi connectivity index (χ1v) is 9.13. The van der Waals surface area contributed by atoms with E-state index in [4.69, 9.17) is 11.6 Å². The Balaban J connectivity index is 1.69. The van der Waals surface area contributed by atoms with Gasteiger partial charge >= 0.3 is 0 Å². The molecule has 0 saturated heterocycles. The summed E-state index contributed by atoms with van der Waals surface area (Å²) in [4.78, 5) is 11.9. The van der Waals surface area contributed by atoms with Crippen molar-refractivity contribution in [3.63, 3.8) is 0 Å². The molecule has 0 unspecified atom stereocenters. The summed E-state index contributed by atoms with van der Waals surface area (Å²) in [5.74, 6) is 1.70. The van der Waals surface area contributed by atoms with Crippen LogP contribution in [0.25, 0.3) is 0 Å². The van der Waals surface area contributed by atoms with E-state index in [1.807, 2.05) is 48.5 Å². The van der Waals surface area contributed by atoms with Gasteiger partial charge in [-0.2, -0.15) is 11.8 Å². The minimum atomic E-state index is -0.0234. The highest BCUT2D eigenvalue weighted by atomic mass is 127. The topological polar surface area (TPSA) is 29.1 Å². The molecule has 0 fully saturated rings. The lowest BCUT2D eigenvalue weighted by Crippen LogP contribution is -2.25. The number of rotatable bonds is 6. The second kappa shape index (κ2) is 8.66. The Bertz CT molecular complexity index is 603. The number of hydrogen-bond acceptors (Lipinski definition) is 2. The summed E-state index contributed by atoms with van der Waals surface area (Å²) in [6.45, 7) is 0.653. The van der Waals surface area contributed by atoms with Crippen LogP contribution in [0.3, 0.4) is 0 Å². The van der Waals surface area contributed by atoms with Crippen LogP contribution in [0.1, 0.15) is 15.9 Å². The Kier molecular flexibility index (Phi) is 6.86. The number of carbonyl (C=O) groups is 1. The highest BCUT2D eigenvalue weighted by Gasteiger charge is 2.04. The Morgan fingerprint density at radius 2 is 1.86 bits per heavy atom. The minimum Gasteiger partial charge on any atom is -0.351 e. The highest BCUT2D eigenvalue weighted by Crippen LogP contribution is 2.20. The normalized spacial score (nSPS) is 10.4. The third kappa shape index (κ3) is 5.52. The summed E-state index contributed by atoms with van der Waals surface area (Å²) in [6, 6.07) is 15.4. The molecule has 5 heteroatoms. The Hall–Kier alpha value is -0.720. The van der Waals surface area contributed by atoms with Crippen LogP contribution in [0.5, 0.6) is 0 Å². The summed E-state index contributed by atoms with van der Waals surface area (Å²) in [5.41, 5.74) is 1.83. The van der Waals surface area contributed by atoms with Crippen LogP contribution in [0.15, 0.2) is 48.5 Å². The molecule has 1 amide bonds. The van der Waals surface area contributed by atoms with E-state index in [1.54, 1.807) is 11.8 Å². The van der Waals surface area contributed by atoms with E-state index < -0.39 is 0 Å². The molecule has 0 spiro atoms. The summed E-state index contributed by atoms with van der Waals surface area (Å²) in [5, 5.41) is 3.72. The standard InChI is InChI=1S/C16H15ClINOS/c17-15-4-2-1-3-13(15)11-21-10-9-19-16(20)12-5-7-14(18)8-6-12/h1-8H,9-11H2,(H,19,20). The van der Waals surface area contributed by atoms with Gasteiger partial charge in [0, 0.05) is 32.2 Å². The first-order chi connectivity index (χ1) is 10.2. The van der Waals surface area contributed by atoms with E-state index >= 15 is 0 Å². The molecule has 2 nitrogen and oxygen atoms in total. The van der Waals surface area contributed by atoms with Crippen LogP contribution in [0, 0.1) is 3.57 Å². The maximum absolute atomic E-state index is 11.9. The van der Waals surface area contributed by atoms with Gasteiger partial charge in [-0.1, -0.05) is 29.8 Å². The largest absolute Gasteiger partial charge is 0.351 e. The predicted molar refractivity (Wildman–Crippen MR) is 99.1 cm³/mol. The molecular formula is C16H15ClINOS. The number of carbonyl (C=O) groups excluding carboxylic acids is 1. The van der Waals surface area contributed by atoms with Gasteiger partial charge in [0.25, 0.3) is 5.91 Å². The van der Waals surface area contributed by atoms with Crippen LogP contribution < -0.4 is 5.32 Å². The number of thioether (sulfide) groups is 1. The van der Waals surface area contributed by atoms with Crippen LogP contribution in [-0.2, 0) is 5.75 Å². The lowest BCUT2D eigenvalue weighted by Gasteiger charge is -2.06. The molecular weight excluding hydrogens is 417 g/mol. The second-order valence-corrected chi connectivity index (χ2v) is 7.16. The molecule has 0 heterocycles. The van der Waals surface area contributed by atoms with Gasteiger partial charge in [0.2, 0.25) is 0 Å². The van der Waals surface area contributed by atoms with Crippen molar-refractivity contribution in [2.75, 3.05) is 12.3 Å².